The first-order chi connectivity index (χ1) is 7.29. The van der Waals surface area contributed by atoms with Gasteiger partial charge in [0.2, 0.25) is 0 Å². The first-order valence-corrected chi connectivity index (χ1v) is 4.37. The van der Waals surface area contributed by atoms with Gasteiger partial charge in [0.15, 0.2) is 0 Å². The lowest BCUT2D eigenvalue weighted by Crippen LogP contribution is -1.93. The average Bonchev–Trinajstić information content (AvgIpc) is 2.29. The number of nitrogens with two attached hydrogens (primary N) is 1. The summed E-state index contributed by atoms with van der Waals surface area (Å²) in [6, 6.07) is 9.23. The Balaban J connectivity index is 2.50. The maximum absolute atomic E-state index is 8.75. The number of rotatable bonds is 1. The standard InChI is InChI=1S/C11H8N4/c12-5-8-2-1-3-9(4-8)10-6-14-7-11(13)15-10/h1-4,6-7H,(H2,13,15). The fraction of sp³-hybridized carbons (Fsp3) is 0. The van der Waals surface area contributed by atoms with Crippen LogP contribution < -0.4 is 5.73 Å². The minimum atomic E-state index is 0.370. The smallest absolute Gasteiger partial charge is 0.142 e. The predicted molar refractivity (Wildman–Crippen MR) is 56.6 cm³/mol. The van der Waals surface area contributed by atoms with E-state index in [1.807, 2.05) is 6.07 Å². The van der Waals surface area contributed by atoms with E-state index in [-0.39, 0.29) is 0 Å². The first kappa shape index (κ1) is 9.16. The van der Waals surface area contributed by atoms with Crippen molar-refractivity contribution < 1.29 is 0 Å². The van der Waals surface area contributed by atoms with Gasteiger partial charge in [-0.05, 0) is 12.1 Å². The zero-order valence-corrected chi connectivity index (χ0v) is 7.88. The summed E-state index contributed by atoms with van der Waals surface area (Å²) in [5.74, 6) is 0.370. The Morgan fingerprint density at radius 3 is 2.87 bits per heavy atom. The van der Waals surface area contributed by atoms with Crippen LogP contribution >= 0.6 is 0 Å². The Morgan fingerprint density at radius 1 is 1.27 bits per heavy atom. The molecule has 72 valence electrons. The number of nitrogen functional groups attached to an aromatic ring is 1. The van der Waals surface area contributed by atoms with E-state index in [0.29, 0.717) is 17.1 Å². The predicted octanol–water partition coefficient (Wildman–Crippen LogP) is 1.60. The van der Waals surface area contributed by atoms with Gasteiger partial charge in [0.25, 0.3) is 0 Å². The van der Waals surface area contributed by atoms with Crippen molar-refractivity contribution in [3.63, 3.8) is 0 Å². The highest BCUT2D eigenvalue weighted by Crippen LogP contribution is 2.17. The molecule has 2 rings (SSSR count). The van der Waals surface area contributed by atoms with E-state index >= 15 is 0 Å². The van der Waals surface area contributed by atoms with Gasteiger partial charge >= 0.3 is 0 Å². The molecule has 1 aromatic heterocycles. The van der Waals surface area contributed by atoms with Gasteiger partial charge in [-0.1, -0.05) is 12.1 Å². The molecule has 4 heteroatoms. The third-order valence-electron chi connectivity index (χ3n) is 1.94. The number of nitriles is 1. The van der Waals surface area contributed by atoms with Gasteiger partial charge in [-0.2, -0.15) is 5.26 Å². The Kier molecular flexibility index (Phi) is 2.30. The van der Waals surface area contributed by atoms with Gasteiger partial charge in [0.1, 0.15) is 5.82 Å². The van der Waals surface area contributed by atoms with Crippen molar-refractivity contribution in [3.05, 3.63) is 42.2 Å². The number of nitrogens with zero attached hydrogens (tertiary/aromatic N) is 3. The highest BCUT2D eigenvalue weighted by molar-refractivity contribution is 5.61. The Bertz CT molecular complexity index is 528. The van der Waals surface area contributed by atoms with Crippen LogP contribution in [-0.2, 0) is 0 Å². The molecule has 0 saturated carbocycles. The van der Waals surface area contributed by atoms with Crippen molar-refractivity contribution in [1.82, 2.24) is 9.97 Å². The minimum Gasteiger partial charge on any atom is -0.382 e. The van der Waals surface area contributed by atoms with Crippen LogP contribution in [0.5, 0.6) is 0 Å². The van der Waals surface area contributed by atoms with Crippen molar-refractivity contribution >= 4 is 5.82 Å². The molecular formula is C11H8N4. The largest absolute Gasteiger partial charge is 0.382 e. The number of aromatic nitrogens is 2. The van der Waals surface area contributed by atoms with Crippen LogP contribution in [0.3, 0.4) is 0 Å². The lowest BCUT2D eigenvalue weighted by molar-refractivity contribution is 1.21. The molecule has 4 nitrogen and oxygen atoms in total. The summed E-state index contributed by atoms with van der Waals surface area (Å²) in [5, 5.41) is 8.75. The highest BCUT2D eigenvalue weighted by Gasteiger charge is 2.01. The SMILES string of the molecule is N#Cc1cccc(-c2cncc(N)n2)c1. The van der Waals surface area contributed by atoms with Gasteiger partial charge in [-0.25, -0.2) is 4.98 Å². The van der Waals surface area contributed by atoms with E-state index in [1.165, 1.54) is 6.20 Å². The monoisotopic (exact) mass is 196 g/mol. The maximum Gasteiger partial charge on any atom is 0.142 e. The number of hydrogen-bond acceptors (Lipinski definition) is 4. The summed E-state index contributed by atoms with van der Waals surface area (Å²) in [5.41, 5.74) is 7.64. The lowest BCUT2D eigenvalue weighted by atomic mass is 10.1. The van der Waals surface area contributed by atoms with Gasteiger partial charge in [0.05, 0.1) is 29.7 Å². The Labute approximate surface area is 87.0 Å². The van der Waals surface area contributed by atoms with Crippen molar-refractivity contribution in [2.45, 2.75) is 0 Å². The fourth-order valence-electron chi connectivity index (χ4n) is 1.27. The molecule has 0 aliphatic heterocycles. The van der Waals surface area contributed by atoms with Crippen molar-refractivity contribution in [1.29, 1.82) is 5.26 Å². The summed E-state index contributed by atoms with van der Waals surface area (Å²) in [6.45, 7) is 0. The number of anilines is 1. The molecule has 0 bridgehead atoms. The summed E-state index contributed by atoms with van der Waals surface area (Å²) < 4.78 is 0. The molecule has 0 amide bonds. The normalized spacial score (nSPS) is 9.53. The van der Waals surface area contributed by atoms with Gasteiger partial charge in [-0.15, -0.1) is 0 Å². The zero-order valence-electron chi connectivity index (χ0n) is 7.88. The van der Waals surface area contributed by atoms with Crippen LogP contribution in [0.15, 0.2) is 36.7 Å². The molecule has 0 radical (unpaired) electrons. The molecule has 0 spiro atoms. The van der Waals surface area contributed by atoms with Crippen LogP contribution in [0, 0.1) is 11.3 Å². The molecule has 2 aromatic rings. The molecule has 1 heterocycles. The van der Waals surface area contributed by atoms with Crippen molar-refractivity contribution in [3.8, 4) is 17.3 Å². The van der Waals surface area contributed by atoms with Crippen LogP contribution in [0.25, 0.3) is 11.3 Å². The molecule has 0 unspecified atom stereocenters. The van der Waals surface area contributed by atoms with Crippen LogP contribution in [0.1, 0.15) is 5.56 Å². The van der Waals surface area contributed by atoms with E-state index in [0.717, 1.165) is 5.56 Å². The van der Waals surface area contributed by atoms with E-state index in [2.05, 4.69) is 16.0 Å². The summed E-state index contributed by atoms with van der Waals surface area (Å²) in [7, 11) is 0. The topological polar surface area (TPSA) is 75.6 Å². The van der Waals surface area contributed by atoms with Crippen LogP contribution in [0.2, 0.25) is 0 Å². The lowest BCUT2D eigenvalue weighted by Gasteiger charge is -2.00. The minimum absolute atomic E-state index is 0.370. The molecule has 0 fully saturated rings. The van der Waals surface area contributed by atoms with Gasteiger partial charge < -0.3 is 5.73 Å². The Hall–Kier alpha value is -2.41. The zero-order chi connectivity index (χ0) is 10.7. The molecule has 0 saturated heterocycles. The second-order valence-corrected chi connectivity index (χ2v) is 3.02. The third kappa shape index (κ3) is 1.92. The highest BCUT2D eigenvalue weighted by atomic mass is 14.9. The second kappa shape index (κ2) is 3.76. The van der Waals surface area contributed by atoms with E-state index in [1.54, 1.807) is 24.4 Å². The second-order valence-electron chi connectivity index (χ2n) is 3.02. The molecule has 0 aliphatic rings. The quantitative estimate of drug-likeness (QED) is 0.751. The number of hydrogen-bond donors (Lipinski definition) is 1. The van der Waals surface area contributed by atoms with Crippen molar-refractivity contribution in [2.75, 3.05) is 5.73 Å². The third-order valence-corrected chi connectivity index (χ3v) is 1.94. The molecule has 1 aromatic carbocycles. The van der Waals surface area contributed by atoms with E-state index < -0.39 is 0 Å². The summed E-state index contributed by atoms with van der Waals surface area (Å²) in [6.07, 6.45) is 3.10. The summed E-state index contributed by atoms with van der Waals surface area (Å²) >= 11 is 0. The molecule has 0 atom stereocenters. The van der Waals surface area contributed by atoms with Crippen LogP contribution in [-0.4, -0.2) is 9.97 Å². The summed E-state index contributed by atoms with van der Waals surface area (Å²) in [4.78, 5) is 8.07. The number of benzene rings is 1. The molecule has 15 heavy (non-hydrogen) atoms. The van der Waals surface area contributed by atoms with E-state index in [4.69, 9.17) is 11.0 Å². The van der Waals surface area contributed by atoms with Crippen LogP contribution in [0.4, 0.5) is 5.82 Å². The van der Waals surface area contributed by atoms with Gasteiger partial charge in [-0.3, -0.25) is 4.98 Å². The molecular weight excluding hydrogens is 188 g/mol. The maximum atomic E-state index is 8.75. The first-order valence-electron chi connectivity index (χ1n) is 4.37. The fourth-order valence-corrected chi connectivity index (χ4v) is 1.27. The molecule has 0 aliphatic carbocycles. The van der Waals surface area contributed by atoms with E-state index in [9.17, 15) is 0 Å². The average molecular weight is 196 g/mol. The molecule has 2 N–H and O–H groups in total. The Morgan fingerprint density at radius 2 is 2.13 bits per heavy atom. The van der Waals surface area contributed by atoms with Gasteiger partial charge in [0, 0.05) is 5.56 Å². The van der Waals surface area contributed by atoms with Crippen molar-refractivity contribution in [2.24, 2.45) is 0 Å².